The van der Waals surface area contributed by atoms with Gasteiger partial charge in [-0.3, -0.25) is 9.97 Å². The lowest BCUT2D eigenvalue weighted by Gasteiger charge is -2.34. The van der Waals surface area contributed by atoms with Gasteiger partial charge < -0.3 is 0 Å². The molecule has 2 nitrogen and oxygen atoms in total. The van der Waals surface area contributed by atoms with Crippen LogP contribution in [-0.4, -0.2) is 9.97 Å². The molecule has 34 heavy (non-hydrogen) atoms. The smallest absolute Gasteiger partial charge is 0.0709 e. The molecule has 0 unspecified atom stereocenters. The Hall–Kier alpha value is -3.00. The lowest BCUT2D eigenvalue weighted by molar-refractivity contribution is 0.224. The maximum Gasteiger partial charge on any atom is 0.0709 e. The van der Waals surface area contributed by atoms with Crippen LogP contribution in [0.5, 0.6) is 0 Å². The Morgan fingerprint density at radius 3 is 2.32 bits per heavy atom. The first-order valence-corrected chi connectivity index (χ1v) is 12.5. The molecule has 1 aliphatic rings. The van der Waals surface area contributed by atoms with Crippen molar-refractivity contribution in [1.29, 1.82) is 0 Å². The van der Waals surface area contributed by atoms with E-state index in [1.807, 2.05) is 18.5 Å². The summed E-state index contributed by atoms with van der Waals surface area (Å²) in [6.45, 7) is 11.4. The van der Waals surface area contributed by atoms with E-state index < -0.39 is 5.89 Å². The van der Waals surface area contributed by atoms with E-state index in [0.717, 1.165) is 53.8 Å². The van der Waals surface area contributed by atoms with E-state index >= 15 is 0 Å². The molecule has 4 aromatic rings. The Balaban J connectivity index is 1.48. The van der Waals surface area contributed by atoms with Crippen molar-refractivity contribution < 1.29 is 1.37 Å². The van der Waals surface area contributed by atoms with Crippen molar-refractivity contribution in [2.45, 2.75) is 71.6 Å². The molecule has 0 bridgehead atoms. The molecule has 1 aliphatic carbocycles. The fraction of sp³-hybridized carbons (Fsp3) is 0.375. The van der Waals surface area contributed by atoms with Gasteiger partial charge in [0.2, 0.25) is 0 Å². The summed E-state index contributed by atoms with van der Waals surface area (Å²) in [6, 6.07) is 21.5. The van der Waals surface area contributed by atoms with Gasteiger partial charge in [-0.1, -0.05) is 65.0 Å². The summed E-state index contributed by atoms with van der Waals surface area (Å²) in [5, 5.41) is 2.54. The predicted molar refractivity (Wildman–Crippen MR) is 144 cm³/mol. The lowest BCUT2D eigenvalue weighted by Crippen LogP contribution is -2.20. The zero-order chi connectivity index (χ0) is 24.8. The zero-order valence-corrected chi connectivity index (χ0v) is 21.2. The van der Waals surface area contributed by atoms with Gasteiger partial charge in [-0.2, -0.15) is 0 Å². The van der Waals surface area contributed by atoms with Crippen LogP contribution in [0.15, 0.2) is 73.1 Å². The maximum absolute atomic E-state index is 9.05. The molecule has 2 heteroatoms. The molecule has 174 valence electrons. The molecule has 0 radical (unpaired) electrons. The van der Waals surface area contributed by atoms with E-state index in [0.29, 0.717) is 5.41 Å². The molecule has 2 heterocycles. The van der Waals surface area contributed by atoms with Gasteiger partial charge in [0.15, 0.2) is 0 Å². The summed E-state index contributed by atoms with van der Waals surface area (Å²) in [6.07, 6.45) is 7.79. The summed E-state index contributed by atoms with van der Waals surface area (Å²) in [7, 11) is 0. The molecule has 1 fully saturated rings. The first-order chi connectivity index (χ1) is 16.5. The van der Waals surface area contributed by atoms with Crippen LogP contribution in [0.2, 0.25) is 0 Å². The number of rotatable bonds is 3. The largest absolute Gasteiger partial charge is 0.256 e. The summed E-state index contributed by atoms with van der Waals surface area (Å²) in [5.74, 6) is -0.515. The van der Waals surface area contributed by atoms with Crippen LogP contribution in [0.25, 0.3) is 33.3 Å². The Morgan fingerprint density at radius 2 is 1.62 bits per heavy atom. The molecular weight excluding hydrogens is 412 g/mol. The minimum atomic E-state index is -0.515. The second-order valence-electron chi connectivity index (χ2n) is 11.6. The standard InChI is InChI=1S/C32H36N2/c1-31(2,3)28-19-26(18-23-8-6-7-9-27(23)28)30-20-24(14-17-33-30)29-11-10-25(21-34-29)22-12-15-32(4,5)16-13-22/h6-11,14,17-22H,12-13,15-16H2,1-5H3/i22D. The number of hydrogen-bond acceptors (Lipinski definition) is 2. The van der Waals surface area contributed by atoms with Crippen molar-refractivity contribution in [3.8, 4) is 22.5 Å². The van der Waals surface area contributed by atoms with E-state index in [2.05, 4.69) is 89.2 Å². The van der Waals surface area contributed by atoms with Crippen LogP contribution in [0.4, 0.5) is 0 Å². The third kappa shape index (κ3) is 4.64. The Labute approximate surface area is 205 Å². The summed E-state index contributed by atoms with van der Waals surface area (Å²) >= 11 is 0. The van der Waals surface area contributed by atoms with E-state index in [1.165, 1.54) is 16.3 Å². The van der Waals surface area contributed by atoms with Gasteiger partial charge in [-0.05, 0) is 94.6 Å². The van der Waals surface area contributed by atoms with E-state index in [4.69, 9.17) is 11.3 Å². The zero-order valence-electron chi connectivity index (χ0n) is 22.2. The molecule has 5 rings (SSSR count). The number of pyridine rings is 2. The van der Waals surface area contributed by atoms with Crippen LogP contribution in [0.3, 0.4) is 0 Å². The second-order valence-corrected chi connectivity index (χ2v) is 11.6. The van der Waals surface area contributed by atoms with E-state index in [9.17, 15) is 0 Å². The first kappa shape index (κ1) is 21.5. The van der Waals surface area contributed by atoms with Gasteiger partial charge >= 0.3 is 0 Å². The van der Waals surface area contributed by atoms with Crippen LogP contribution >= 0.6 is 0 Å². The summed E-state index contributed by atoms with van der Waals surface area (Å²) in [4.78, 5) is 9.52. The minimum absolute atomic E-state index is 0.0329. The Morgan fingerprint density at radius 1 is 0.853 bits per heavy atom. The van der Waals surface area contributed by atoms with Crippen molar-refractivity contribution in [3.63, 3.8) is 0 Å². The molecule has 0 atom stereocenters. The monoisotopic (exact) mass is 449 g/mol. The van der Waals surface area contributed by atoms with Crippen LogP contribution in [-0.2, 0) is 5.41 Å². The molecule has 0 amide bonds. The minimum Gasteiger partial charge on any atom is -0.256 e. The van der Waals surface area contributed by atoms with Crippen LogP contribution < -0.4 is 0 Å². The molecular formula is C32H36N2. The first-order valence-electron chi connectivity index (χ1n) is 13.0. The number of benzene rings is 2. The highest BCUT2D eigenvalue weighted by molar-refractivity contribution is 5.91. The maximum atomic E-state index is 9.05. The van der Waals surface area contributed by atoms with Gasteiger partial charge in [0.05, 0.1) is 11.4 Å². The Bertz CT molecular complexity index is 1350. The SMILES string of the molecule is [2H]C1(c2ccc(-c3ccnc(-c4cc(C(C)(C)C)c5ccccc5c4)c3)nc2)CCC(C)(C)CC1. The van der Waals surface area contributed by atoms with Gasteiger partial charge in [0.1, 0.15) is 0 Å². The number of nitrogens with zero attached hydrogens (tertiary/aromatic N) is 2. The molecule has 0 spiro atoms. The van der Waals surface area contributed by atoms with Gasteiger partial charge in [0.25, 0.3) is 0 Å². The van der Waals surface area contributed by atoms with Crippen molar-refractivity contribution in [3.05, 3.63) is 84.2 Å². The van der Waals surface area contributed by atoms with Crippen molar-refractivity contribution in [2.24, 2.45) is 5.41 Å². The van der Waals surface area contributed by atoms with Crippen molar-refractivity contribution in [1.82, 2.24) is 9.97 Å². The normalized spacial score (nSPS) is 18.0. The molecule has 0 saturated heterocycles. The van der Waals surface area contributed by atoms with Crippen LogP contribution in [0, 0.1) is 5.41 Å². The van der Waals surface area contributed by atoms with Crippen LogP contribution in [0.1, 0.15) is 78.7 Å². The molecule has 0 aliphatic heterocycles. The molecule has 2 aromatic carbocycles. The molecule has 2 aromatic heterocycles. The van der Waals surface area contributed by atoms with Crippen molar-refractivity contribution >= 4 is 10.8 Å². The fourth-order valence-corrected chi connectivity index (χ4v) is 5.12. The third-order valence-electron chi connectivity index (χ3n) is 7.40. The van der Waals surface area contributed by atoms with Gasteiger partial charge in [0, 0.05) is 24.9 Å². The second kappa shape index (κ2) is 8.65. The van der Waals surface area contributed by atoms with Gasteiger partial charge in [-0.25, -0.2) is 0 Å². The number of hydrogen-bond donors (Lipinski definition) is 0. The number of aromatic nitrogens is 2. The fourth-order valence-electron chi connectivity index (χ4n) is 5.12. The molecule has 0 N–H and O–H groups in total. The highest BCUT2D eigenvalue weighted by Gasteiger charge is 2.27. The summed E-state index contributed by atoms with van der Waals surface area (Å²) < 4.78 is 9.05. The predicted octanol–water partition coefficient (Wildman–Crippen LogP) is 8.95. The quantitative estimate of drug-likeness (QED) is 0.312. The summed E-state index contributed by atoms with van der Waals surface area (Å²) in [5.41, 5.74) is 6.81. The lowest BCUT2D eigenvalue weighted by atomic mass is 9.71. The number of fused-ring (bicyclic) bond motifs is 1. The average molecular weight is 450 g/mol. The van der Waals surface area contributed by atoms with E-state index in [-0.39, 0.29) is 5.41 Å². The average Bonchev–Trinajstić information content (AvgIpc) is 2.85. The van der Waals surface area contributed by atoms with Gasteiger partial charge in [-0.15, -0.1) is 0 Å². The highest BCUT2D eigenvalue weighted by Crippen LogP contribution is 2.42. The van der Waals surface area contributed by atoms with Crippen molar-refractivity contribution in [2.75, 3.05) is 0 Å². The topological polar surface area (TPSA) is 25.8 Å². The Kier molecular flexibility index (Phi) is 5.48. The molecule has 1 saturated carbocycles. The van der Waals surface area contributed by atoms with E-state index in [1.54, 1.807) is 0 Å². The third-order valence-corrected chi connectivity index (χ3v) is 7.40. The highest BCUT2D eigenvalue weighted by atomic mass is 14.7.